The maximum Gasteiger partial charge on any atom is 0.310 e. The summed E-state index contributed by atoms with van der Waals surface area (Å²) in [5.74, 6) is 0.518. The molecule has 0 spiro atoms. The number of esters is 2. The fraction of sp³-hybridized carbons (Fsp3) is 0.760. The average Bonchev–Trinajstić information content (AvgIpc) is 2.46. The van der Waals surface area contributed by atoms with Crippen LogP contribution in [-0.2, 0) is 27.3 Å². The lowest BCUT2D eigenvalue weighted by Crippen LogP contribution is -2.42. The zero-order valence-electron chi connectivity index (χ0n) is 21.8. The molecule has 0 aliphatic carbocycles. The molecule has 1 atom stereocenters. The number of carbonyl (C=O) groups is 2. The molecule has 0 saturated heterocycles. The van der Waals surface area contributed by atoms with Gasteiger partial charge in [0.1, 0.15) is 0 Å². The molecule has 1 unspecified atom stereocenters. The number of ether oxygens (including phenoxy) is 2. The quantitative estimate of drug-likeness (QED) is 0.133. The van der Waals surface area contributed by atoms with Crippen molar-refractivity contribution in [2.75, 3.05) is 0 Å². The highest BCUT2D eigenvalue weighted by Gasteiger charge is 2.30. The summed E-state index contributed by atoms with van der Waals surface area (Å²) in [6, 6.07) is 1.65. The highest BCUT2D eigenvalue weighted by atomic mass is 28.4. The van der Waals surface area contributed by atoms with Gasteiger partial charge in [-0.3, -0.25) is 9.59 Å². The molecule has 0 heterocycles. The summed E-state index contributed by atoms with van der Waals surface area (Å²) >= 11 is 0. The molecule has 0 saturated carbocycles. The van der Waals surface area contributed by atoms with Crippen molar-refractivity contribution in [3.63, 3.8) is 0 Å². The minimum atomic E-state index is -1.72. The van der Waals surface area contributed by atoms with E-state index >= 15 is 0 Å². The molecule has 0 radical (unpaired) electrons. The lowest BCUT2D eigenvalue weighted by Gasteiger charge is -2.31. The Morgan fingerprint density at radius 2 is 1.09 bits per heavy atom. The van der Waals surface area contributed by atoms with Crippen molar-refractivity contribution < 1.29 is 27.3 Å². The van der Waals surface area contributed by atoms with Crippen molar-refractivity contribution in [3.8, 4) is 0 Å². The van der Waals surface area contributed by atoms with E-state index in [9.17, 15) is 9.59 Å². The molecule has 214 valence electrons. The van der Waals surface area contributed by atoms with Gasteiger partial charge in [-0.2, -0.15) is 0 Å². The first kappa shape index (κ1) is 47.4. The Morgan fingerprint density at radius 3 is 1.40 bits per heavy atom. The van der Waals surface area contributed by atoms with Crippen molar-refractivity contribution in [2.24, 2.45) is 0 Å². The molecule has 0 aliphatic heterocycles. The molecule has 10 heteroatoms. The molecule has 35 heavy (non-hydrogen) atoms. The first-order valence-corrected chi connectivity index (χ1v) is 23.2. The summed E-state index contributed by atoms with van der Waals surface area (Å²) in [6.07, 6.45) is 0.876. The van der Waals surface area contributed by atoms with Gasteiger partial charge in [0, 0.05) is 12.8 Å². The molecule has 6 nitrogen and oxygen atoms in total. The van der Waals surface area contributed by atoms with Gasteiger partial charge >= 0.3 is 11.9 Å². The van der Waals surface area contributed by atoms with Crippen molar-refractivity contribution in [2.45, 2.75) is 127 Å². The van der Waals surface area contributed by atoms with Crippen molar-refractivity contribution in [1.29, 1.82) is 0 Å². The zero-order valence-corrected chi connectivity index (χ0v) is 25.9. The van der Waals surface area contributed by atoms with Crippen molar-refractivity contribution in [1.82, 2.24) is 0 Å². The number of carbonyl (C=O) groups excluding carboxylic acids is 2. The lowest BCUT2D eigenvalue weighted by atomic mass is 10.5. The van der Waals surface area contributed by atoms with Crippen molar-refractivity contribution >= 4 is 45.9 Å². The third-order valence-corrected chi connectivity index (χ3v) is 15.1. The molecule has 0 amide bonds. The SMILES string of the molecule is C.C.C.C.C=C(C)OC(=O)CC[SiH](C)O[Si](C)(C)C.C=C(C)OC(=O)CC[Si](C)(C)O[Si](C)(C)C. The first-order valence-electron chi connectivity index (χ1n) is 10.8. The van der Waals surface area contributed by atoms with Gasteiger partial charge in [0.15, 0.2) is 34.0 Å². The van der Waals surface area contributed by atoms with Gasteiger partial charge in [0.05, 0.1) is 11.5 Å². The van der Waals surface area contributed by atoms with E-state index in [2.05, 4.69) is 72.1 Å². The molecule has 0 aromatic heterocycles. The van der Waals surface area contributed by atoms with Gasteiger partial charge < -0.3 is 17.7 Å². The standard InChI is InChI=1S/C11H24O3Si2.C10H22O3Si2.4CH4/c1-10(2)13-11(12)8-9-16(6,7)14-15(3,4)5;1-9(2)12-10(11)7-8-14(3)13-15(4,5)6;;;;/h1,8-9H2,2-7H3;14H,1,7-8H2,2-6H3;4*1H4. The van der Waals surface area contributed by atoms with Gasteiger partial charge in [-0.15, -0.1) is 0 Å². The molecule has 0 aromatic carbocycles. The lowest BCUT2D eigenvalue weighted by molar-refractivity contribution is -0.139. The summed E-state index contributed by atoms with van der Waals surface area (Å²) in [5, 5.41) is 0. The van der Waals surface area contributed by atoms with E-state index in [1.807, 2.05) is 0 Å². The summed E-state index contributed by atoms with van der Waals surface area (Å²) in [6.45, 7) is 29.9. The number of rotatable bonds is 12. The molecule has 0 rings (SSSR count). The summed E-state index contributed by atoms with van der Waals surface area (Å²) in [4.78, 5) is 22.6. The van der Waals surface area contributed by atoms with Crippen LogP contribution in [0.1, 0.15) is 56.4 Å². The van der Waals surface area contributed by atoms with Crippen LogP contribution in [0.15, 0.2) is 24.7 Å². The number of hydrogen-bond acceptors (Lipinski definition) is 6. The van der Waals surface area contributed by atoms with Gasteiger partial charge in [0.2, 0.25) is 0 Å². The average molecular weight is 571 g/mol. The van der Waals surface area contributed by atoms with E-state index in [0.717, 1.165) is 12.1 Å². The predicted octanol–water partition coefficient (Wildman–Crippen LogP) is 8.71. The molecule has 0 aromatic rings. The Morgan fingerprint density at radius 1 is 0.714 bits per heavy atom. The second-order valence-corrected chi connectivity index (χ2v) is 26.8. The maximum absolute atomic E-state index is 11.4. The topological polar surface area (TPSA) is 71.1 Å². The zero-order chi connectivity index (χ0) is 25.0. The van der Waals surface area contributed by atoms with Crippen LogP contribution in [-0.4, -0.2) is 45.9 Å². The van der Waals surface area contributed by atoms with Crippen LogP contribution in [0.3, 0.4) is 0 Å². The highest BCUT2D eigenvalue weighted by Crippen LogP contribution is 2.20. The van der Waals surface area contributed by atoms with Crippen LogP contribution in [0.2, 0.25) is 71.0 Å². The molecule has 0 bridgehead atoms. The Labute approximate surface area is 225 Å². The van der Waals surface area contributed by atoms with E-state index in [0.29, 0.717) is 24.4 Å². The van der Waals surface area contributed by atoms with Crippen LogP contribution in [0.25, 0.3) is 0 Å². The van der Waals surface area contributed by atoms with E-state index in [1.165, 1.54) is 0 Å². The van der Waals surface area contributed by atoms with Gasteiger partial charge in [-0.25, -0.2) is 0 Å². The molecule has 0 aliphatic rings. The summed E-state index contributed by atoms with van der Waals surface area (Å²) in [5.41, 5.74) is 0. The van der Waals surface area contributed by atoms with Crippen LogP contribution in [0.4, 0.5) is 0 Å². The normalized spacial score (nSPS) is 11.4. The molecule has 0 fully saturated rings. The maximum atomic E-state index is 11.4. The fourth-order valence-electron chi connectivity index (χ4n) is 2.76. The van der Waals surface area contributed by atoms with Crippen LogP contribution < -0.4 is 0 Å². The fourth-order valence-corrected chi connectivity index (χ4v) is 16.5. The van der Waals surface area contributed by atoms with Gasteiger partial charge in [-0.1, -0.05) is 42.9 Å². The predicted molar refractivity (Wildman–Crippen MR) is 167 cm³/mol. The third kappa shape index (κ3) is 37.9. The van der Waals surface area contributed by atoms with Gasteiger partial charge in [0.25, 0.3) is 0 Å². The van der Waals surface area contributed by atoms with E-state index in [1.54, 1.807) is 13.8 Å². The van der Waals surface area contributed by atoms with Crippen LogP contribution >= 0.6 is 0 Å². The number of hydrogen-bond donors (Lipinski definition) is 0. The van der Waals surface area contributed by atoms with Crippen LogP contribution in [0, 0.1) is 0 Å². The van der Waals surface area contributed by atoms with E-state index < -0.39 is 34.0 Å². The second-order valence-electron chi connectivity index (χ2n) is 10.4. The van der Waals surface area contributed by atoms with Gasteiger partial charge in [-0.05, 0) is 84.9 Å². The van der Waals surface area contributed by atoms with E-state index in [-0.39, 0.29) is 41.6 Å². The largest absolute Gasteiger partial charge is 0.458 e. The Kier molecular flexibility index (Phi) is 28.9. The molecular formula is C25H62O6Si4. The van der Waals surface area contributed by atoms with Crippen LogP contribution in [0.5, 0.6) is 0 Å². The molecule has 0 N–H and O–H groups in total. The summed E-state index contributed by atoms with van der Waals surface area (Å²) in [7, 11) is -5.86. The minimum absolute atomic E-state index is 0. The highest BCUT2D eigenvalue weighted by molar-refractivity contribution is 6.84. The monoisotopic (exact) mass is 570 g/mol. The smallest absolute Gasteiger partial charge is 0.310 e. The Hall–Kier alpha value is -0.792. The van der Waals surface area contributed by atoms with Crippen molar-refractivity contribution in [3.05, 3.63) is 24.7 Å². The minimum Gasteiger partial charge on any atom is -0.458 e. The number of allylic oxidation sites excluding steroid dienone is 2. The first-order chi connectivity index (χ1) is 13.7. The third-order valence-electron chi connectivity index (χ3n) is 3.40. The van der Waals surface area contributed by atoms with E-state index in [4.69, 9.17) is 17.7 Å². The Bertz CT molecular complexity index is 608. The second kappa shape index (κ2) is 21.3. The molecular weight excluding hydrogens is 509 g/mol. The summed E-state index contributed by atoms with van der Waals surface area (Å²) < 4.78 is 21.9. The Balaban J connectivity index is -0.000000108.